The number of ketones is 1. The molecule has 0 saturated carbocycles. The molecule has 1 aliphatic heterocycles. The maximum absolute atomic E-state index is 13.0. The second-order valence-corrected chi connectivity index (χ2v) is 5.89. The number of hydrogen-bond acceptors (Lipinski definition) is 3. The van der Waals surface area contributed by atoms with Crippen LogP contribution in [0.2, 0.25) is 0 Å². The molecule has 0 aromatic heterocycles. The number of amides is 1. The summed E-state index contributed by atoms with van der Waals surface area (Å²) in [6.07, 6.45) is 0. The van der Waals surface area contributed by atoms with E-state index >= 15 is 0 Å². The average molecular weight is 326 g/mol. The summed E-state index contributed by atoms with van der Waals surface area (Å²) in [5, 5.41) is 0. The summed E-state index contributed by atoms with van der Waals surface area (Å²) in [6, 6.07) is 13.2. The second-order valence-electron chi connectivity index (χ2n) is 5.89. The predicted octanol–water partition coefficient (Wildman–Crippen LogP) is 2.99. The third-order valence-corrected chi connectivity index (χ3v) is 4.30. The van der Waals surface area contributed by atoms with Gasteiger partial charge in [-0.05, 0) is 55.5 Å². The number of rotatable bonds is 3. The van der Waals surface area contributed by atoms with E-state index in [0.29, 0.717) is 24.2 Å². The highest BCUT2D eigenvalue weighted by molar-refractivity contribution is 5.95. The molecule has 0 unspecified atom stereocenters. The zero-order chi connectivity index (χ0) is 17.1. The van der Waals surface area contributed by atoms with Gasteiger partial charge in [-0.3, -0.25) is 9.59 Å². The number of piperazine rings is 1. The first-order valence-corrected chi connectivity index (χ1v) is 7.95. The quantitative estimate of drug-likeness (QED) is 0.814. The number of anilines is 1. The lowest BCUT2D eigenvalue weighted by atomic mass is 10.1. The van der Waals surface area contributed by atoms with Gasteiger partial charge in [0.25, 0.3) is 5.91 Å². The summed E-state index contributed by atoms with van der Waals surface area (Å²) >= 11 is 0. The van der Waals surface area contributed by atoms with E-state index in [-0.39, 0.29) is 17.5 Å². The third kappa shape index (κ3) is 3.45. The Balaban J connectivity index is 1.62. The second kappa shape index (κ2) is 6.83. The lowest BCUT2D eigenvalue weighted by Gasteiger charge is -2.36. The molecule has 0 N–H and O–H groups in total. The van der Waals surface area contributed by atoms with E-state index in [1.807, 2.05) is 24.3 Å². The van der Waals surface area contributed by atoms with Crippen LogP contribution in [0.5, 0.6) is 0 Å². The van der Waals surface area contributed by atoms with E-state index in [9.17, 15) is 14.0 Å². The summed E-state index contributed by atoms with van der Waals surface area (Å²) in [6.45, 7) is 4.24. The predicted molar refractivity (Wildman–Crippen MR) is 91.0 cm³/mol. The van der Waals surface area contributed by atoms with Crippen LogP contribution in [0.4, 0.5) is 10.1 Å². The maximum Gasteiger partial charge on any atom is 0.253 e. The van der Waals surface area contributed by atoms with Gasteiger partial charge in [0.15, 0.2) is 5.78 Å². The Morgan fingerprint density at radius 1 is 0.833 bits per heavy atom. The van der Waals surface area contributed by atoms with Gasteiger partial charge in [-0.15, -0.1) is 0 Å². The molecule has 1 fully saturated rings. The Bertz CT molecular complexity index is 733. The molecule has 1 amide bonds. The molecule has 24 heavy (non-hydrogen) atoms. The summed E-state index contributed by atoms with van der Waals surface area (Å²) in [5.41, 5.74) is 2.26. The molecule has 2 aromatic carbocycles. The monoisotopic (exact) mass is 326 g/mol. The summed E-state index contributed by atoms with van der Waals surface area (Å²) < 4.78 is 13.0. The van der Waals surface area contributed by atoms with Gasteiger partial charge < -0.3 is 9.80 Å². The number of carbonyl (C=O) groups excluding carboxylic acids is 2. The Morgan fingerprint density at radius 3 is 1.92 bits per heavy atom. The number of carbonyl (C=O) groups is 2. The zero-order valence-electron chi connectivity index (χ0n) is 13.5. The molecule has 0 spiro atoms. The minimum atomic E-state index is -0.342. The van der Waals surface area contributed by atoms with Gasteiger partial charge in [0.2, 0.25) is 0 Å². The van der Waals surface area contributed by atoms with Crippen molar-refractivity contribution in [2.75, 3.05) is 31.1 Å². The average Bonchev–Trinajstić information content (AvgIpc) is 2.62. The summed E-state index contributed by atoms with van der Waals surface area (Å²) in [4.78, 5) is 27.7. The van der Waals surface area contributed by atoms with Crippen LogP contribution in [-0.2, 0) is 0 Å². The highest BCUT2D eigenvalue weighted by atomic mass is 19.1. The van der Waals surface area contributed by atoms with Crippen molar-refractivity contribution in [3.63, 3.8) is 0 Å². The van der Waals surface area contributed by atoms with Crippen LogP contribution >= 0.6 is 0 Å². The van der Waals surface area contributed by atoms with Crippen molar-refractivity contribution in [2.24, 2.45) is 0 Å². The van der Waals surface area contributed by atoms with Crippen LogP contribution in [0, 0.1) is 5.82 Å². The highest BCUT2D eigenvalue weighted by Gasteiger charge is 2.22. The topological polar surface area (TPSA) is 40.6 Å². The molecule has 1 saturated heterocycles. The van der Waals surface area contributed by atoms with E-state index in [0.717, 1.165) is 18.8 Å². The van der Waals surface area contributed by atoms with E-state index in [2.05, 4.69) is 4.90 Å². The largest absolute Gasteiger partial charge is 0.368 e. The summed E-state index contributed by atoms with van der Waals surface area (Å²) in [5.74, 6) is -0.358. The van der Waals surface area contributed by atoms with E-state index in [4.69, 9.17) is 0 Å². The number of halogens is 1. The molecule has 2 aromatic rings. The fourth-order valence-electron chi connectivity index (χ4n) is 2.85. The van der Waals surface area contributed by atoms with Crippen molar-refractivity contribution in [3.05, 3.63) is 65.5 Å². The molecular weight excluding hydrogens is 307 g/mol. The number of Topliss-reactive ketones (excluding diaryl/α,β-unsaturated/α-hetero) is 1. The van der Waals surface area contributed by atoms with Crippen molar-refractivity contribution in [2.45, 2.75) is 6.92 Å². The molecule has 0 aliphatic carbocycles. The van der Waals surface area contributed by atoms with Crippen LogP contribution in [-0.4, -0.2) is 42.8 Å². The Morgan fingerprint density at radius 2 is 1.38 bits per heavy atom. The molecule has 4 nitrogen and oxygen atoms in total. The molecule has 0 radical (unpaired) electrons. The maximum atomic E-state index is 13.0. The van der Waals surface area contributed by atoms with Gasteiger partial charge in [0.1, 0.15) is 5.82 Å². The van der Waals surface area contributed by atoms with Gasteiger partial charge in [-0.1, -0.05) is 0 Å². The minimum Gasteiger partial charge on any atom is -0.368 e. The van der Waals surface area contributed by atoms with Crippen LogP contribution in [0.3, 0.4) is 0 Å². The first-order chi connectivity index (χ1) is 11.5. The minimum absolute atomic E-state index is 0.0521. The van der Waals surface area contributed by atoms with Crippen molar-refractivity contribution in [3.8, 4) is 0 Å². The fraction of sp³-hybridized carbons (Fsp3) is 0.263. The Kier molecular flexibility index (Phi) is 4.60. The first kappa shape index (κ1) is 16.2. The van der Waals surface area contributed by atoms with E-state index in [1.165, 1.54) is 24.3 Å². The van der Waals surface area contributed by atoms with Crippen LogP contribution < -0.4 is 4.90 Å². The van der Waals surface area contributed by atoms with Crippen LogP contribution in [0.15, 0.2) is 48.5 Å². The highest BCUT2D eigenvalue weighted by Crippen LogP contribution is 2.18. The molecule has 0 bridgehead atoms. The lowest BCUT2D eigenvalue weighted by molar-refractivity contribution is 0.0746. The zero-order valence-corrected chi connectivity index (χ0v) is 13.5. The van der Waals surface area contributed by atoms with Gasteiger partial charge in [-0.25, -0.2) is 4.39 Å². The molecule has 3 rings (SSSR count). The van der Waals surface area contributed by atoms with Crippen molar-refractivity contribution >= 4 is 17.4 Å². The van der Waals surface area contributed by atoms with Gasteiger partial charge in [0, 0.05) is 43.0 Å². The van der Waals surface area contributed by atoms with Crippen molar-refractivity contribution < 1.29 is 14.0 Å². The number of benzene rings is 2. The number of hydrogen-bond donors (Lipinski definition) is 0. The van der Waals surface area contributed by atoms with Gasteiger partial charge in [-0.2, -0.15) is 0 Å². The summed E-state index contributed by atoms with van der Waals surface area (Å²) in [7, 11) is 0. The molecular formula is C19H19FN2O2. The SMILES string of the molecule is CC(=O)c1ccc(N2CCN(C(=O)c3ccc(F)cc3)CC2)cc1. The normalized spacial score (nSPS) is 14.6. The standard InChI is InChI=1S/C19H19FN2O2/c1-14(23)15-4-8-18(9-5-15)21-10-12-22(13-11-21)19(24)16-2-6-17(20)7-3-16/h2-9H,10-13H2,1H3. The molecule has 1 aliphatic rings. The van der Waals surface area contributed by atoms with Crippen LogP contribution in [0.1, 0.15) is 27.6 Å². The molecule has 0 atom stereocenters. The van der Waals surface area contributed by atoms with Crippen molar-refractivity contribution in [1.29, 1.82) is 0 Å². The van der Waals surface area contributed by atoms with E-state index < -0.39 is 0 Å². The molecule has 5 heteroatoms. The lowest BCUT2D eigenvalue weighted by Crippen LogP contribution is -2.48. The third-order valence-electron chi connectivity index (χ3n) is 4.30. The Labute approximate surface area is 140 Å². The van der Waals surface area contributed by atoms with E-state index in [1.54, 1.807) is 11.8 Å². The van der Waals surface area contributed by atoms with Gasteiger partial charge in [0.05, 0.1) is 0 Å². The fourth-order valence-corrected chi connectivity index (χ4v) is 2.85. The number of nitrogens with zero attached hydrogens (tertiary/aromatic N) is 2. The van der Waals surface area contributed by atoms with Crippen molar-refractivity contribution in [1.82, 2.24) is 4.90 Å². The first-order valence-electron chi connectivity index (χ1n) is 7.95. The van der Waals surface area contributed by atoms with Crippen LogP contribution in [0.25, 0.3) is 0 Å². The molecule has 1 heterocycles. The molecule has 124 valence electrons. The van der Waals surface area contributed by atoms with Gasteiger partial charge >= 0.3 is 0 Å². The Hall–Kier alpha value is -2.69. The smallest absolute Gasteiger partial charge is 0.253 e.